The van der Waals surface area contributed by atoms with Gasteiger partial charge in [-0.05, 0) is 66.4 Å². The molecule has 5 nitrogen and oxygen atoms in total. The first-order valence-corrected chi connectivity index (χ1v) is 10.7. The van der Waals surface area contributed by atoms with Gasteiger partial charge >= 0.3 is 0 Å². The highest BCUT2D eigenvalue weighted by Gasteiger charge is 2.14. The molecule has 0 saturated carbocycles. The molecule has 5 rings (SSSR count). The van der Waals surface area contributed by atoms with Crippen molar-refractivity contribution in [3.05, 3.63) is 102 Å². The predicted molar refractivity (Wildman–Crippen MR) is 129 cm³/mol. The summed E-state index contributed by atoms with van der Waals surface area (Å²) in [5.74, 6) is -0.292. The van der Waals surface area contributed by atoms with Gasteiger partial charge in [-0.15, -0.1) is 0 Å². The second kappa shape index (κ2) is 8.74. The number of nitrogens with one attached hydrogen (secondary N) is 1. The Hall–Kier alpha value is -4.19. The summed E-state index contributed by atoms with van der Waals surface area (Å²) in [7, 11) is 0. The quantitative estimate of drug-likeness (QED) is 0.360. The first-order chi connectivity index (χ1) is 16.1. The first kappa shape index (κ1) is 20.7. The maximum atomic E-state index is 15.3. The summed E-state index contributed by atoms with van der Waals surface area (Å²) in [5.41, 5.74) is 7.15. The van der Waals surface area contributed by atoms with Crippen LogP contribution in [-0.2, 0) is 6.54 Å². The Kier molecular flexibility index (Phi) is 5.48. The zero-order chi connectivity index (χ0) is 22.8. The summed E-state index contributed by atoms with van der Waals surface area (Å²) in [5, 5.41) is 4.09. The number of rotatable bonds is 5. The van der Waals surface area contributed by atoms with Gasteiger partial charge in [-0.2, -0.15) is 0 Å². The molecule has 33 heavy (non-hydrogen) atoms. The third-order valence-corrected chi connectivity index (χ3v) is 5.67. The van der Waals surface area contributed by atoms with E-state index in [0.717, 1.165) is 38.9 Å². The lowest BCUT2D eigenvalue weighted by Crippen LogP contribution is -2.05. The minimum atomic E-state index is -0.470. The van der Waals surface area contributed by atoms with E-state index in [-0.39, 0.29) is 11.5 Å². The summed E-state index contributed by atoms with van der Waals surface area (Å²) < 4.78 is 15.3. The summed E-state index contributed by atoms with van der Waals surface area (Å²) >= 11 is 0. The van der Waals surface area contributed by atoms with Crippen LogP contribution in [0.3, 0.4) is 0 Å². The molecule has 0 aliphatic rings. The fourth-order valence-corrected chi connectivity index (χ4v) is 3.85. The lowest BCUT2D eigenvalue weighted by atomic mass is 10.0. The predicted octanol–water partition coefficient (Wildman–Crippen LogP) is 6.12. The minimum absolute atomic E-state index is 0.178. The van der Waals surface area contributed by atoms with Crippen molar-refractivity contribution < 1.29 is 4.39 Å². The van der Waals surface area contributed by atoms with Crippen LogP contribution in [0, 0.1) is 19.7 Å². The molecule has 2 aromatic carbocycles. The molecule has 0 saturated heterocycles. The largest absolute Gasteiger partial charge is 0.363 e. The topological polar surface area (TPSA) is 63.6 Å². The van der Waals surface area contributed by atoms with E-state index >= 15 is 4.39 Å². The number of pyridine rings is 2. The lowest BCUT2D eigenvalue weighted by molar-refractivity contribution is 0.621. The molecule has 0 aliphatic carbocycles. The maximum Gasteiger partial charge on any atom is 0.191 e. The molecule has 5 aromatic rings. The van der Waals surface area contributed by atoms with Gasteiger partial charge in [0.2, 0.25) is 0 Å². The van der Waals surface area contributed by atoms with E-state index in [0.29, 0.717) is 12.1 Å². The number of fused-ring (bicyclic) bond motifs is 1. The van der Waals surface area contributed by atoms with Gasteiger partial charge in [-0.25, -0.2) is 14.4 Å². The SMILES string of the molecule is Cc1cc(-c2ccc(CNc3ncnc(-c4ccc5nccc(C)c5c4)c3F)cc2)ccn1. The lowest BCUT2D eigenvalue weighted by Gasteiger charge is -2.11. The molecule has 3 heterocycles. The molecule has 0 radical (unpaired) electrons. The van der Waals surface area contributed by atoms with Gasteiger partial charge in [0, 0.05) is 35.6 Å². The van der Waals surface area contributed by atoms with E-state index in [9.17, 15) is 0 Å². The van der Waals surface area contributed by atoms with Gasteiger partial charge in [-0.3, -0.25) is 9.97 Å². The van der Waals surface area contributed by atoms with Gasteiger partial charge < -0.3 is 5.32 Å². The zero-order valence-corrected chi connectivity index (χ0v) is 18.4. The van der Waals surface area contributed by atoms with Crippen molar-refractivity contribution in [2.75, 3.05) is 5.32 Å². The molecule has 0 atom stereocenters. The minimum Gasteiger partial charge on any atom is -0.363 e. The van der Waals surface area contributed by atoms with Crippen molar-refractivity contribution >= 4 is 16.7 Å². The van der Waals surface area contributed by atoms with Gasteiger partial charge in [0.05, 0.1) is 5.52 Å². The van der Waals surface area contributed by atoms with E-state index < -0.39 is 5.82 Å². The second-order valence-corrected chi connectivity index (χ2v) is 7.98. The van der Waals surface area contributed by atoms with Crippen molar-refractivity contribution in [2.24, 2.45) is 0 Å². The Morgan fingerprint density at radius 2 is 1.55 bits per heavy atom. The maximum absolute atomic E-state index is 15.3. The van der Waals surface area contributed by atoms with Crippen molar-refractivity contribution in [3.63, 3.8) is 0 Å². The van der Waals surface area contributed by atoms with Gasteiger partial charge in [0.15, 0.2) is 11.6 Å². The van der Waals surface area contributed by atoms with Crippen molar-refractivity contribution in [1.82, 2.24) is 19.9 Å². The average molecular weight is 436 g/mol. The van der Waals surface area contributed by atoms with Crippen molar-refractivity contribution in [3.8, 4) is 22.4 Å². The first-order valence-electron chi connectivity index (χ1n) is 10.7. The molecule has 0 unspecified atom stereocenters. The number of hydrogen-bond donors (Lipinski definition) is 1. The van der Waals surface area contributed by atoms with Crippen LogP contribution in [-0.4, -0.2) is 19.9 Å². The molecule has 3 aromatic heterocycles. The standard InChI is InChI=1S/C27H22FN5/c1-17-9-11-30-24-8-7-22(14-23(17)24)26-25(28)27(33-16-32-26)31-15-19-3-5-20(6-4-19)21-10-12-29-18(2)13-21/h3-14,16H,15H2,1-2H3,(H,31,32,33). The number of aromatic nitrogens is 4. The van der Waals surface area contributed by atoms with Crippen LogP contribution in [0.25, 0.3) is 33.3 Å². The van der Waals surface area contributed by atoms with Crippen molar-refractivity contribution in [2.45, 2.75) is 20.4 Å². The van der Waals surface area contributed by atoms with Gasteiger partial charge in [-0.1, -0.05) is 30.3 Å². The van der Waals surface area contributed by atoms with Crippen LogP contribution in [0.15, 0.2) is 79.4 Å². The summed E-state index contributed by atoms with van der Waals surface area (Å²) in [6, 6.07) is 19.8. The summed E-state index contributed by atoms with van der Waals surface area (Å²) in [6.45, 7) is 4.43. The van der Waals surface area contributed by atoms with E-state index in [4.69, 9.17) is 0 Å². The Morgan fingerprint density at radius 3 is 2.36 bits per heavy atom. The molecule has 0 fully saturated rings. The molecule has 6 heteroatoms. The fraction of sp³-hybridized carbons (Fsp3) is 0.111. The van der Waals surface area contributed by atoms with Crippen LogP contribution in [0.5, 0.6) is 0 Å². The Bertz CT molecular complexity index is 1450. The van der Waals surface area contributed by atoms with E-state index in [1.54, 1.807) is 6.20 Å². The Morgan fingerprint density at radius 1 is 0.758 bits per heavy atom. The van der Waals surface area contributed by atoms with Crippen LogP contribution < -0.4 is 5.32 Å². The molecular weight excluding hydrogens is 413 g/mol. The highest BCUT2D eigenvalue weighted by atomic mass is 19.1. The highest BCUT2D eigenvalue weighted by molar-refractivity contribution is 5.86. The van der Waals surface area contributed by atoms with Crippen LogP contribution >= 0.6 is 0 Å². The second-order valence-electron chi connectivity index (χ2n) is 7.98. The highest BCUT2D eigenvalue weighted by Crippen LogP contribution is 2.28. The van der Waals surface area contributed by atoms with Crippen LogP contribution in [0.4, 0.5) is 10.2 Å². The molecular formula is C27H22FN5. The van der Waals surface area contributed by atoms with E-state index in [1.807, 2.05) is 62.5 Å². The summed E-state index contributed by atoms with van der Waals surface area (Å²) in [4.78, 5) is 16.9. The molecule has 162 valence electrons. The molecule has 0 spiro atoms. The fourth-order valence-electron chi connectivity index (χ4n) is 3.85. The van der Waals surface area contributed by atoms with E-state index in [2.05, 4.69) is 43.5 Å². The number of anilines is 1. The number of aryl methyl sites for hydroxylation is 2. The normalized spacial score (nSPS) is 11.0. The number of nitrogens with zero attached hydrogens (tertiary/aromatic N) is 4. The molecule has 0 aliphatic heterocycles. The number of benzene rings is 2. The molecule has 1 N–H and O–H groups in total. The van der Waals surface area contributed by atoms with Crippen LogP contribution in [0.2, 0.25) is 0 Å². The third kappa shape index (κ3) is 4.28. The van der Waals surface area contributed by atoms with Crippen molar-refractivity contribution in [1.29, 1.82) is 0 Å². The van der Waals surface area contributed by atoms with E-state index in [1.165, 1.54) is 6.33 Å². The third-order valence-electron chi connectivity index (χ3n) is 5.67. The number of hydrogen-bond acceptors (Lipinski definition) is 5. The monoisotopic (exact) mass is 435 g/mol. The summed E-state index contributed by atoms with van der Waals surface area (Å²) in [6.07, 6.45) is 4.97. The zero-order valence-electron chi connectivity index (χ0n) is 18.4. The van der Waals surface area contributed by atoms with Gasteiger partial charge in [0.25, 0.3) is 0 Å². The number of halogens is 1. The Labute approximate surface area is 191 Å². The van der Waals surface area contributed by atoms with Crippen LogP contribution in [0.1, 0.15) is 16.8 Å². The van der Waals surface area contributed by atoms with Gasteiger partial charge in [0.1, 0.15) is 12.0 Å². The average Bonchev–Trinajstić information content (AvgIpc) is 2.84. The Balaban J connectivity index is 1.36. The molecule has 0 bridgehead atoms. The molecule has 0 amide bonds. The smallest absolute Gasteiger partial charge is 0.191 e.